The van der Waals surface area contributed by atoms with E-state index in [2.05, 4.69) is 243 Å². The van der Waals surface area contributed by atoms with Gasteiger partial charge in [-0.05, 0) is 129 Å². The predicted molar refractivity (Wildman–Crippen MR) is 299 cm³/mol. The Hall–Kier alpha value is -9.18. The molecule has 0 radical (unpaired) electrons. The number of hydrogen-bond donors (Lipinski definition) is 0. The van der Waals surface area contributed by atoms with Gasteiger partial charge < -0.3 is 13.7 Å². The second kappa shape index (κ2) is 16.5. The largest absolute Gasteiger partial charge is 0.455 e. The van der Waals surface area contributed by atoms with Crippen molar-refractivity contribution in [1.29, 1.82) is 0 Å². The molecule has 2 heterocycles. The smallest absolute Gasteiger partial charge is 0.143 e. The van der Waals surface area contributed by atoms with Crippen LogP contribution in [-0.2, 0) is 5.41 Å². The molecule has 0 aliphatic heterocycles. The Morgan fingerprint density at radius 3 is 1.26 bits per heavy atom. The van der Waals surface area contributed by atoms with Gasteiger partial charge in [0.25, 0.3) is 0 Å². The Bertz CT molecular complexity index is 4000. The van der Waals surface area contributed by atoms with E-state index in [-0.39, 0.29) is 0 Å². The lowest BCUT2D eigenvalue weighted by molar-refractivity contribution is 0.669. The lowest BCUT2D eigenvalue weighted by Gasteiger charge is -2.34. The van der Waals surface area contributed by atoms with E-state index < -0.39 is 5.41 Å². The van der Waals surface area contributed by atoms with E-state index >= 15 is 0 Å². The van der Waals surface area contributed by atoms with Crippen LogP contribution in [0.4, 0.5) is 17.1 Å². The van der Waals surface area contributed by atoms with E-state index in [1.54, 1.807) is 0 Å². The monoisotopic (exact) mass is 921 g/mol. The quantitative estimate of drug-likeness (QED) is 0.152. The van der Waals surface area contributed by atoms with Crippen molar-refractivity contribution in [2.45, 2.75) is 19.3 Å². The maximum absolute atomic E-state index is 6.50. The topological polar surface area (TPSA) is 29.5 Å². The van der Waals surface area contributed by atoms with E-state index in [9.17, 15) is 0 Å². The highest BCUT2D eigenvalue weighted by molar-refractivity contribution is 6.11. The molecule has 0 saturated heterocycles. The van der Waals surface area contributed by atoms with Crippen LogP contribution in [0.3, 0.4) is 0 Å². The number of fused-ring (bicyclic) bond motifs is 9. The molecule has 14 rings (SSSR count). The van der Waals surface area contributed by atoms with Crippen molar-refractivity contribution in [3.8, 4) is 44.5 Å². The fourth-order valence-corrected chi connectivity index (χ4v) is 11.9. The van der Waals surface area contributed by atoms with Crippen LogP contribution in [0.15, 0.2) is 258 Å². The lowest BCUT2D eigenvalue weighted by Crippen LogP contribution is -2.28. The van der Waals surface area contributed by atoms with E-state index in [4.69, 9.17) is 8.83 Å². The molecule has 72 heavy (non-hydrogen) atoms. The van der Waals surface area contributed by atoms with Crippen LogP contribution in [0.5, 0.6) is 0 Å². The summed E-state index contributed by atoms with van der Waals surface area (Å²) in [5.74, 6) is 0. The molecule has 0 N–H and O–H groups in total. The van der Waals surface area contributed by atoms with Crippen LogP contribution < -0.4 is 4.90 Å². The van der Waals surface area contributed by atoms with E-state index in [0.29, 0.717) is 0 Å². The van der Waals surface area contributed by atoms with Gasteiger partial charge in [0.15, 0.2) is 0 Å². The number of nitrogens with zero attached hydrogens (tertiary/aromatic N) is 1. The molecule has 340 valence electrons. The molecule has 2 aromatic heterocycles. The van der Waals surface area contributed by atoms with Crippen molar-refractivity contribution in [3.05, 3.63) is 282 Å². The van der Waals surface area contributed by atoms with Gasteiger partial charge in [-0.2, -0.15) is 0 Å². The van der Waals surface area contributed by atoms with Gasteiger partial charge in [0.05, 0.1) is 5.41 Å². The van der Waals surface area contributed by atoms with Gasteiger partial charge in [-0.3, -0.25) is 0 Å². The summed E-state index contributed by atoms with van der Waals surface area (Å²) < 4.78 is 13.0. The number of hydrogen-bond acceptors (Lipinski definition) is 3. The van der Waals surface area contributed by atoms with Gasteiger partial charge in [0.2, 0.25) is 0 Å². The maximum atomic E-state index is 6.50. The van der Waals surface area contributed by atoms with Gasteiger partial charge >= 0.3 is 0 Å². The zero-order chi connectivity index (χ0) is 47.9. The first-order valence-corrected chi connectivity index (χ1v) is 24.8. The zero-order valence-electron chi connectivity index (χ0n) is 39.9. The van der Waals surface area contributed by atoms with Crippen molar-refractivity contribution in [3.63, 3.8) is 0 Å². The third kappa shape index (κ3) is 6.30. The Kier molecular flexibility index (Phi) is 9.56. The molecular weight excluding hydrogens is 875 g/mol. The maximum Gasteiger partial charge on any atom is 0.143 e. The third-order valence-electron chi connectivity index (χ3n) is 15.4. The summed E-state index contributed by atoms with van der Waals surface area (Å²) in [5, 5.41) is 4.50. The average molecular weight is 922 g/mol. The minimum absolute atomic E-state index is 0.484. The van der Waals surface area contributed by atoms with E-state index in [0.717, 1.165) is 83.2 Å². The molecule has 0 unspecified atom stereocenters. The Balaban J connectivity index is 0.910. The van der Waals surface area contributed by atoms with Gasteiger partial charge in [-0.15, -0.1) is 0 Å². The Morgan fingerprint density at radius 2 is 0.750 bits per heavy atom. The third-order valence-corrected chi connectivity index (χ3v) is 15.4. The highest BCUT2D eigenvalue weighted by Crippen LogP contribution is 2.59. The number of aryl methyl sites for hydroxylation is 1. The van der Waals surface area contributed by atoms with Crippen molar-refractivity contribution in [2.75, 3.05) is 4.90 Å². The van der Waals surface area contributed by atoms with Crippen LogP contribution >= 0.6 is 0 Å². The molecule has 0 fully saturated rings. The zero-order valence-corrected chi connectivity index (χ0v) is 39.9. The highest BCUT2D eigenvalue weighted by atomic mass is 16.3. The predicted octanol–water partition coefficient (Wildman–Crippen LogP) is 18.9. The van der Waals surface area contributed by atoms with Crippen LogP contribution in [0.25, 0.3) is 88.4 Å². The molecule has 3 nitrogen and oxygen atoms in total. The fourth-order valence-electron chi connectivity index (χ4n) is 11.9. The van der Waals surface area contributed by atoms with E-state index in [1.807, 2.05) is 24.3 Å². The van der Waals surface area contributed by atoms with Crippen molar-refractivity contribution < 1.29 is 8.83 Å². The van der Waals surface area contributed by atoms with E-state index in [1.165, 1.54) is 55.6 Å². The van der Waals surface area contributed by atoms with Crippen LogP contribution in [-0.4, -0.2) is 0 Å². The molecule has 0 saturated carbocycles. The first kappa shape index (κ1) is 41.8. The summed E-state index contributed by atoms with van der Waals surface area (Å²) in [6, 6.07) is 90.1. The molecular formula is C69H47NO2. The van der Waals surface area contributed by atoms with Crippen LogP contribution in [0, 0.1) is 13.8 Å². The van der Waals surface area contributed by atoms with Gasteiger partial charge in [-0.25, -0.2) is 0 Å². The summed E-state index contributed by atoms with van der Waals surface area (Å²) in [4.78, 5) is 2.36. The molecule has 1 aliphatic carbocycles. The molecule has 0 amide bonds. The van der Waals surface area contributed by atoms with Gasteiger partial charge in [0.1, 0.15) is 22.3 Å². The molecule has 1 aliphatic rings. The molecule has 0 atom stereocenters. The minimum atomic E-state index is -0.484. The van der Waals surface area contributed by atoms with Crippen molar-refractivity contribution in [2.24, 2.45) is 0 Å². The second-order valence-corrected chi connectivity index (χ2v) is 19.2. The van der Waals surface area contributed by atoms with Gasteiger partial charge in [0, 0.05) is 49.7 Å². The Labute approximate surface area is 418 Å². The molecule has 0 spiro atoms. The Morgan fingerprint density at radius 1 is 0.333 bits per heavy atom. The standard InChI is InChI=1S/C69H47NO2/c1-44-43-62-66(60-23-9-12-28-61(60)69(62,49-17-5-3-6-18-49)50-19-7-4-8-20-50)65(45(44)2)48-35-41-53(42-36-48)70(51-37-31-46(32-38-51)54-24-15-26-58-56-21-10-13-29-63(56)71-67(54)58)52-39-33-47(34-40-52)55-25-16-27-59-57-22-11-14-30-64(57)72-68(55)59/h3-43H,1-2H3. The SMILES string of the molecule is Cc1cc2c(c(-c3ccc(N(c4ccc(-c5cccc6c5oc5ccccc56)cc4)c4ccc(-c5cccc6c5oc5ccccc56)cc4)cc3)c1C)-c1ccccc1C2(c1ccccc1)c1ccccc1. The van der Waals surface area contributed by atoms with Crippen LogP contribution in [0.2, 0.25) is 0 Å². The average Bonchev–Trinajstić information content (AvgIpc) is 4.11. The number of para-hydroxylation sites is 4. The number of furan rings is 2. The van der Waals surface area contributed by atoms with Crippen molar-refractivity contribution in [1.82, 2.24) is 0 Å². The summed E-state index contributed by atoms with van der Waals surface area (Å²) in [5.41, 5.74) is 23.4. The van der Waals surface area contributed by atoms with Crippen molar-refractivity contribution >= 4 is 60.9 Å². The summed E-state index contributed by atoms with van der Waals surface area (Å²) in [6.45, 7) is 4.56. The summed E-state index contributed by atoms with van der Waals surface area (Å²) in [6.07, 6.45) is 0. The summed E-state index contributed by atoms with van der Waals surface area (Å²) in [7, 11) is 0. The normalized spacial score (nSPS) is 12.7. The number of anilines is 3. The summed E-state index contributed by atoms with van der Waals surface area (Å²) >= 11 is 0. The molecule has 0 bridgehead atoms. The first-order chi connectivity index (χ1) is 35.5. The number of benzene rings is 11. The minimum Gasteiger partial charge on any atom is -0.455 e. The van der Waals surface area contributed by atoms with Crippen LogP contribution in [0.1, 0.15) is 33.4 Å². The second-order valence-electron chi connectivity index (χ2n) is 19.2. The molecule has 13 aromatic rings. The lowest BCUT2D eigenvalue weighted by atomic mass is 9.67. The first-order valence-electron chi connectivity index (χ1n) is 24.8. The number of rotatable bonds is 8. The highest BCUT2D eigenvalue weighted by Gasteiger charge is 2.47. The fraction of sp³-hybridized carbons (Fsp3) is 0.0435. The van der Waals surface area contributed by atoms with Gasteiger partial charge in [-0.1, -0.05) is 200 Å². The molecule has 3 heteroatoms. The molecule has 11 aromatic carbocycles.